The van der Waals surface area contributed by atoms with Gasteiger partial charge in [0.05, 0.1) is 6.33 Å². The SMILES string of the molecule is c1ccc2c(c1)SCC2NC1CCCC1n1ccnc1. The van der Waals surface area contributed by atoms with Crippen LogP contribution in [-0.4, -0.2) is 21.3 Å². The molecule has 1 N–H and O–H groups in total. The van der Waals surface area contributed by atoms with Gasteiger partial charge in [0.1, 0.15) is 0 Å². The Balaban J connectivity index is 1.52. The Bertz CT molecular complexity index is 581. The molecule has 3 nitrogen and oxygen atoms in total. The first kappa shape index (κ1) is 12.5. The van der Waals surface area contributed by atoms with E-state index in [9.17, 15) is 0 Å². The Morgan fingerprint density at radius 2 is 2.20 bits per heavy atom. The van der Waals surface area contributed by atoms with Crippen molar-refractivity contribution >= 4 is 11.8 Å². The quantitative estimate of drug-likeness (QED) is 0.937. The number of thioether (sulfide) groups is 1. The van der Waals surface area contributed by atoms with Crippen molar-refractivity contribution in [1.29, 1.82) is 0 Å². The molecule has 1 fully saturated rings. The lowest BCUT2D eigenvalue weighted by molar-refractivity contribution is 0.365. The molecule has 2 aromatic rings. The van der Waals surface area contributed by atoms with Gasteiger partial charge in [-0.2, -0.15) is 0 Å². The molecule has 3 unspecified atom stereocenters. The van der Waals surface area contributed by atoms with Crippen molar-refractivity contribution in [2.24, 2.45) is 0 Å². The first-order valence-corrected chi connectivity index (χ1v) is 8.35. The fourth-order valence-electron chi connectivity index (χ4n) is 3.52. The fourth-order valence-corrected chi connectivity index (χ4v) is 4.69. The first-order valence-electron chi connectivity index (χ1n) is 7.37. The van der Waals surface area contributed by atoms with Crippen LogP contribution in [0.4, 0.5) is 0 Å². The van der Waals surface area contributed by atoms with Gasteiger partial charge in [0.15, 0.2) is 0 Å². The van der Waals surface area contributed by atoms with Crippen LogP contribution in [0.3, 0.4) is 0 Å². The minimum atomic E-state index is 0.505. The van der Waals surface area contributed by atoms with Crippen LogP contribution in [0, 0.1) is 0 Å². The lowest BCUT2D eigenvalue weighted by Crippen LogP contribution is -2.36. The number of aromatic nitrogens is 2. The van der Waals surface area contributed by atoms with E-state index in [1.807, 2.05) is 24.3 Å². The number of rotatable bonds is 3. The molecule has 1 aromatic heterocycles. The molecule has 1 aromatic carbocycles. The number of hydrogen-bond donors (Lipinski definition) is 1. The van der Waals surface area contributed by atoms with E-state index in [1.165, 1.54) is 29.7 Å². The summed E-state index contributed by atoms with van der Waals surface area (Å²) in [5.74, 6) is 1.16. The predicted octanol–water partition coefficient (Wildman–Crippen LogP) is 3.41. The zero-order valence-corrected chi connectivity index (χ0v) is 12.2. The highest BCUT2D eigenvalue weighted by molar-refractivity contribution is 7.99. The zero-order valence-electron chi connectivity index (χ0n) is 11.4. The molecule has 4 heteroatoms. The number of fused-ring (bicyclic) bond motifs is 1. The maximum Gasteiger partial charge on any atom is 0.0949 e. The number of benzene rings is 1. The first-order chi connectivity index (χ1) is 9.92. The summed E-state index contributed by atoms with van der Waals surface area (Å²) in [5, 5.41) is 3.90. The van der Waals surface area contributed by atoms with Gasteiger partial charge in [0.2, 0.25) is 0 Å². The standard InChI is InChI=1S/C16H19N3S/c1-2-7-16-12(4-1)14(10-20-16)18-13-5-3-6-15(13)19-9-8-17-11-19/h1-2,4,7-9,11,13-15,18H,3,5-6,10H2. The molecular weight excluding hydrogens is 266 g/mol. The van der Waals surface area contributed by atoms with Gasteiger partial charge in [-0.3, -0.25) is 0 Å². The summed E-state index contributed by atoms with van der Waals surface area (Å²) in [6.07, 6.45) is 9.78. The molecule has 0 amide bonds. The highest BCUT2D eigenvalue weighted by Crippen LogP contribution is 2.40. The third kappa shape index (κ3) is 2.17. The topological polar surface area (TPSA) is 29.9 Å². The molecule has 0 spiro atoms. The van der Waals surface area contributed by atoms with Gasteiger partial charge in [-0.1, -0.05) is 18.2 Å². The van der Waals surface area contributed by atoms with Crippen molar-refractivity contribution in [3.63, 3.8) is 0 Å². The highest BCUT2D eigenvalue weighted by atomic mass is 32.2. The van der Waals surface area contributed by atoms with Crippen LogP contribution in [0.2, 0.25) is 0 Å². The van der Waals surface area contributed by atoms with Crippen LogP contribution in [0.25, 0.3) is 0 Å². The molecule has 0 bridgehead atoms. The van der Waals surface area contributed by atoms with Crippen LogP contribution in [0.5, 0.6) is 0 Å². The number of nitrogens with one attached hydrogen (secondary N) is 1. The molecule has 3 atom stereocenters. The lowest BCUT2D eigenvalue weighted by atomic mass is 10.1. The molecular formula is C16H19N3S. The zero-order chi connectivity index (χ0) is 13.4. The summed E-state index contributed by atoms with van der Waals surface area (Å²) in [6, 6.07) is 10.4. The Kier molecular flexibility index (Phi) is 3.28. The van der Waals surface area contributed by atoms with Crippen molar-refractivity contribution in [3.8, 4) is 0 Å². The Hall–Kier alpha value is -1.26. The van der Waals surface area contributed by atoms with Gasteiger partial charge in [0, 0.05) is 41.2 Å². The summed E-state index contributed by atoms with van der Waals surface area (Å²) in [7, 11) is 0. The van der Waals surface area contributed by atoms with Gasteiger partial charge in [-0.15, -0.1) is 11.8 Å². The van der Waals surface area contributed by atoms with Gasteiger partial charge in [0.25, 0.3) is 0 Å². The maximum absolute atomic E-state index is 4.20. The van der Waals surface area contributed by atoms with Crippen molar-refractivity contribution < 1.29 is 0 Å². The lowest BCUT2D eigenvalue weighted by Gasteiger charge is -2.26. The van der Waals surface area contributed by atoms with E-state index in [4.69, 9.17) is 0 Å². The molecule has 0 radical (unpaired) electrons. The molecule has 4 rings (SSSR count). The van der Waals surface area contributed by atoms with Crippen molar-refractivity contribution in [1.82, 2.24) is 14.9 Å². The summed E-state index contributed by atoms with van der Waals surface area (Å²) in [4.78, 5) is 5.65. The summed E-state index contributed by atoms with van der Waals surface area (Å²) >= 11 is 1.98. The highest BCUT2D eigenvalue weighted by Gasteiger charge is 2.32. The Morgan fingerprint density at radius 1 is 1.25 bits per heavy atom. The molecule has 1 aliphatic carbocycles. The van der Waals surface area contributed by atoms with Crippen molar-refractivity contribution in [2.75, 3.05) is 5.75 Å². The molecule has 2 aliphatic rings. The molecule has 1 saturated carbocycles. The number of imidazole rings is 1. The van der Waals surface area contributed by atoms with Crippen LogP contribution >= 0.6 is 11.8 Å². The molecule has 20 heavy (non-hydrogen) atoms. The number of hydrogen-bond acceptors (Lipinski definition) is 3. The normalized spacial score (nSPS) is 28.7. The average molecular weight is 285 g/mol. The molecule has 0 saturated heterocycles. The smallest absolute Gasteiger partial charge is 0.0949 e. The van der Waals surface area contributed by atoms with Crippen molar-refractivity contribution in [2.45, 2.75) is 42.3 Å². The van der Waals surface area contributed by atoms with Crippen LogP contribution in [0.15, 0.2) is 47.9 Å². The van der Waals surface area contributed by atoms with Gasteiger partial charge in [-0.25, -0.2) is 4.98 Å². The monoisotopic (exact) mass is 285 g/mol. The molecule has 2 heterocycles. The largest absolute Gasteiger partial charge is 0.333 e. The molecule has 104 valence electrons. The van der Waals surface area contributed by atoms with Crippen LogP contribution in [-0.2, 0) is 0 Å². The minimum absolute atomic E-state index is 0.505. The second-order valence-corrected chi connectivity index (χ2v) is 6.74. The predicted molar refractivity (Wildman–Crippen MR) is 81.9 cm³/mol. The van der Waals surface area contributed by atoms with Gasteiger partial charge >= 0.3 is 0 Å². The van der Waals surface area contributed by atoms with E-state index in [0.717, 1.165) is 5.75 Å². The fraction of sp³-hybridized carbons (Fsp3) is 0.438. The average Bonchev–Trinajstić information content (AvgIpc) is 3.19. The maximum atomic E-state index is 4.20. The summed E-state index contributed by atoms with van der Waals surface area (Å²) in [6.45, 7) is 0. The van der Waals surface area contributed by atoms with Gasteiger partial charge < -0.3 is 9.88 Å². The van der Waals surface area contributed by atoms with E-state index >= 15 is 0 Å². The minimum Gasteiger partial charge on any atom is -0.333 e. The Morgan fingerprint density at radius 3 is 3.10 bits per heavy atom. The van der Waals surface area contributed by atoms with Crippen molar-refractivity contribution in [3.05, 3.63) is 48.5 Å². The van der Waals surface area contributed by atoms with Gasteiger partial charge in [-0.05, 0) is 30.9 Å². The Labute approximate surface area is 123 Å². The van der Waals surface area contributed by atoms with E-state index < -0.39 is 0 Å². The molecule has 1 aliphatic heterocycles. The summed E-state index contributed by atoms with van der Waals surface area (Å²) in [5.41, 5.74) is 1.48. The summed E-state index contributed by atoms with van der Waals surface area (Å²) < 4.78 is 2.28. The van der Waals surface area contributed by atoms with E-state index in [-0.39, 0.29) is 0 Å². The van der Waals surface area contributed by atoms with E-state index in [0.29, 0.717) is 18.1 Å². The van der Waals surface area contributed by atoms with Crippen LogP contribution in [0.1, 0.15) is 36.9 Å². The third-order valence-corrected chi connectivity index (χ3v) is 5.69. The second kappa shape index (κ2) is 5.26. The third-order valence-electron chi connectivity index (χ3n) is 4.50. The second-order valence-electron chi connectivity index (χ2n) is 5.68. The van der Waals surface area contributed by atoms with Crippen LogP contribution < -0.4 is 5.32 Å². The van der Waals surface area contributed by atoms with E-state index in [2.05, 4.69) is 45.3 Å². The number of nitrogens with zero attached hydrogens (tertiary/aromatic N) is 2. The van der Waals surface area contributed by atoms with E-state index in [1.54, 1.807) is 0 Å².